The number of hydrogen-bond acceptors (Lipinski definition) is 6. The molecule has 2 heterocycles. The zero-order valence-corrected chi connectivity index (χ0v) is 19.6. The molecule has 0 saturated carbocycles. The third-order valence-electron chi connectivity index (χ3n) is 5.94. The van der Waals surface area contributed by atoms with Gasteiger partial charge in [-0.2, -0.15) is 9.40 Å². The van der Waals surface area contributed by atoms with Crippen LogP contribution in [-0.2, 0) is 21.2 Å². The monoisotopic (exact) mass is 473 g/mol. The van der Waals surface area contributed by atoms with Gasteiger partial charge in [0.2, 0.25) is 10.0 Å². The van der Waals surface area contributed by atoms with Gasteiger partial charge in [0.1, 0.15) is 11.5 Å². The van der Waals surface area contributed by atoms with Crippen LogP contribution in [0.15, 0.2) is 47.4 Å². The first kappa shape index (κ1) is 23.1. The number of rotatable bonds is 8. The normalized spacial score (nSPS) is 19.1. The predicted molar refractivity (Wildman–Crippen MR) is 122 cm³/mol. The first-order valence-electron chi connectivity index (χ1n) is 10.7. The fraction of sp³-hybridized carbons (Fsp3) is 0.391. The maximum absolute atomic E-state index is 13.3. The van der Waals surface area contributed by atoms with Gasteiger partial charge in [-0.05, 0) is 49.2 Å². The molecule has 1 aliphatic heterocycles. The van der Waals surface area contributed by atoms with Crippen LogP contribution in [0.3, 0.4) is 0 Å². The van der Waals surface area contributed by atoms with Gasteiger partial charge in [-0.25, -0.2) is 8.42 Å². The van der Waals surface area contributed by atoms with Crippen LogP contribution in [0, 0.1) is 5.92 Å². The van der Waals surface area contributed by atoms with Gasteiger partial charge in [0.05, 0.1) is 42.3 Å². The lowest BCUT2D eigenvalue weighted by Gasteiger charge is -2.18. The Hall–Kier alpha value is -3.11. The summed E-state index contributed by atoms with van der Waals surface area (Å²) in [6.45, 7) is 4.91. The number of sulfonamides is 1. The molecule has 3 aromatic rings. The molecule has 176 valence electrons. The maximum atomic E-state index is 13.3. The van der Waals surface area contributed by atoms with Gasteiger partial charge in [-0.15, -0.1) is 0 Å². The summed E-state index contributed by atoms with van der Waals surface area (Å²) < 4.78 is 40.6. The van der Waals surface area contributed by atoms with E-state index in [-0.39, 0.29) is 29.8 Å². The molecule has 0 amide bonds. The number of carboxylic acid groups (broad SMARTS) is 1. The lowest BCUT2D eigenvalue weighted by molar-refractivity contribution is -0.136. The number of benzene rings is 2. The Kier molecular flexibility index (Phi) is 6.31. The molecule has 0 radical (unpaired) electrons. The summed E-state index contributed by atoms with van der Waals surface area (Å²) in [6.07, 6.45) is -0.217. The van der Waals surface area contributed by atoms with E-state index in [9.17, 15) is 18.3 Å². The molecule has 0 unspecified atom stereocenters. The van der Waals surface area contributed by atoms with Gasteiger partial charge in [0.15, 0.2) is 0 Å². The summed E-state index contributed by atoms with van der Waals surface area (Å²) in [4.78, 5) is 11.6. The van der Waals surface area contributed by atoms with Gasteiger partial charge in [0.25, 0.3) is 0 Å². The second kappa shape index (κ2) is 9.03. The molecule has 1 aromatic heterocycles. The highest BCUT2D eigenvalue weighted by atomic mass is 32.2. The number of aromatic nitrogens is 2. The molecule has 0 aliphatic carbocycles. The number of carboxylic acids is 1. The van der Waals surface area contributed by atoms with Crippen LogP contribution in [0.4, 0.5) is 0 Å². The van der Waals surface area contributed by atoms with E-state index in [0.717, 1.165) is 10.9 Å². The van der Waals surface area contributed by atoms with Crippen molar-refractivity contribution in [2.24, 2.45) is 5.92 Å². The topological polar surface area (TPSA) is 111 Å². The molecule has 10 heteroatoms. The van der Waals surface area contributed by atoms with E-state index in [2.05, 4.69) is 5.10 Å². The Morgan fingerprint density at radius 1 is 1.15 bits per heavy atom. The molecule has 1 aliphatic rings. The second-order valence-corrected chi connectivity index (χ2v) is 10.1. The highest BCUT2D eigenvalue weighted by molar-refractivity contribution is 7.89. The predicted octanol–water partition coefficient (Wildman–Crippen LogP) is 2.95. The molecule has 1 fully saturated rings. The average Bonchev–Trinajstić information content (AvgIpc) is 3.34. The van der Waals surface area contributed by atoms with Gasteiger partial charge in [0, 0.05) is 24.5 Å². The van der Waals surface area contributed by atoms with Crippen LogP contribution in [0.5, 0.6) is 11.5 Å². The minimum Gasteiger partial charge on any atom is -0.497 e. The SMILES string of the molecule is CCOc1ccc(S(=O)(=O)N2C[C@@H](C)[C@@H](n3nc(CC(=O)O)c4ccc(OC)cc43)C2)cc1. The Morgan fingerprint density at radius 2 is 1.85 bits per heavy atom. The van der Waals surface area contributed by atoms with Crippen molar-refractivity contribution in [3.63, 3.8) is 0 Å². The molecule has 0 spiro atoms. The number of carbonyl (C=O) groups is 1. The summed E-state index contributed by atoms with van der Waals surface area (Å²) in [5.41, 5.74) is 1.17. The third kappa shape index (κ3) is 4.40. The average molecular weight is 474 g/mol. The molecule has 2 aromatic carbocycles. The first-order chi connectivity index (χ1) is 15.7. The Labute approximate surface area is 192 Å². The molecule has 33 heavy (non-hydrogen) atoms. The molecule has 0 bridgehead atoms. The fourth-order valence-corrected chi connectivity index (χ4v) is 5.84. The zero-order chi connectivity index (χ0) is 23.8. The summed E-state index contributed by atoms with van der Waals surface area (Å²) in [5.74, 6) is 0.230. The quantitative estimate of drug-likeness (QED) is 0.535. The molecule has 2 atom stereocenters. The van der Waals surface area contributed by atoms with E-state index in [1.54, 1.807) is 48.2 Å². The highest BCUT2D eigenvalue weighted by Gasteiger charge is 2.39. The number of nitrogens with zero attached hydrogens (tertiary/aromatic N) is 3. The van der Waals surface area contributed by atoms with Crippen molar-refractivity contribution in [2.75, 3.05) is 26.8 Å². The summed E-state index contributed by atoms with van der Waals surface area (Å²) in [7, 11) is -2.15. The zero-order valence-electron chi connectivity index (χ0n) is 18.8. The first-order valence-corrected chi connectivity index (χ1v) is 12.2. The number of methoxy groups -OCH3 is 1. The highest BCUT2D eigenvalue weighted by Crippen LogP contribution is 2.35. The Bertz CT molecular complexity index is 1270. The number of fused-ring (bicyclic) bond motifs is 1. The summed E-state index contributed by atoms with van der Waals surface area (Å²) >= 11 is 0. The minimum absolute atomic E-state index is 0.0329. The number of ether oxygens (including phenoxy) is 2. The van der Waals surface area contributed by atoms with Crippen molar-refractivity contribution in [3.05, 3.63) is 48.2 Å². The summed E-state index contributed by atoms with van der Waals surface area (Å²) in [6, 6.07) is 11.5. The van der Waals surface area contributed by atoms with Gasteiger partial charge in [-0.1, -0.05) is 6.92 Å². The van der Waals surface area contributed by atoms with Gasteiger partial charge in [-0.3, -0.25) is 9.48 Å². The lowest BCUT2D eigenvalue weighted by Crippen LogP contribution is -2.29. The minimum atomic E-state index is -3.70. The van der Waals surface area contributed by atoms with Gasteiger partial charge >= 0.3 is 5.97 Å². The third-order valence-corrected chi connectivity index (χ3v) is 7.78. The standard InChI is InChI=1S/C23H27N3O6S/c1-4-32-16-5-8-18(9-6-16)33(29,30)25-13-15(2)22(14-25)26-21-11-17(31-3)7-10-19(21)20(24-26)12-23(27)28/h5-11,15,22H,4,12-14H2,1-3H3,(H,27,28)/t15-,22+/m1/s1. The Balaban J connectivity index is 1.67. The molecule has 1 N–H and O–H groups in total. The van der Waals surface area contributed by atoms with Crippen LogP contribution < -0.4 is 9.47 Å². The van der Waals surface area contributed by atoms with Crippen molar-refractivity contribution < 1.29 is 27.8 Å². The van der Waals surface area contributed by atoms with Crippen molar-refractivity contribution in [1.29, 1.82) is 0 Å². The van der Waals surface area contributed by atoms with E-state index in [0.29, 0.717) is 30.3 Å². The maximum Gasteiger partial charge on any atom is 0.309 e. The molecular formula is C23H27N3O6S. The van der Waals surface area contributed by atoms with Crippen molar-refractivity contribution >= 4 is 26.9 Å². The molecule has 9 nitrogen and oxygen atoms in total. The lowest BCUT2D eigenvalue weighted by atomic mass is 10.1. The van der Waals surface area contributed by atoms with Crippen molar-refractivity contribution in [3.8, 4) is 11.5 Å². The largest absolute Gasteiger partial charge is 0.497 e. The van der Waals surface area contributed by atoms with Crippen LogP contribution in [0.1, 0.15) is 25.6 Å². The smallest absolute Gasteiger partial charge is 0.309 e. The van der Waals surface area contributed by atoms with Crippen LogP contribution >= 0.6 is 0 Å². The fourth-order valence-electron chi connectivity index (χ4n) is 4.28. The van der Waals surface area contributed by atoms with Crippen LogP contribution in [-0.4, -0.2) is 60.4 Å². The van der Waals surface area contributed by atoms with Crippen LogP contribution in [0.25, 0.3) is 10.9 Å². The van der Waals surface area contributed by atoms with Crippen molar-refractivity contribution in [1.82, 2.24) is 14.1 Å². The molecule has 1 saturated heterocycles. The van der Waals surface area contributed by atoms with E-state index >= 15 is 0 Å². The van der Waals surface area contributed by atoms with Crippen molar-refractivity contribution in [2.45, 2.75) is 31.2 Å². The van der Waals surface area contributed by atoms with Crippen LogP contribution in [0.2, 0.25) is 0 Å². The van der Waals surface area contributed by atoms with E-state index < -0.39 is 16.0 Å². The number of hydrogen-bond donors (Lipinski definition) is 1. The molecule has 4 rings (SSSR count). The van der Waals surface area contributed by atoms with Gasteiger partial charge < -0.3 is 14.6 Å². The Morgan fingerprint density at radius 3 is 2.48 bits per heavy atom. The second-order valence-electron chi connectivity index (χ2n) is 8.12. The van der Waals surface area contributed by atoms with E-state index in [1.807, 2.05) is 19.9 Å². The molecular weight excluding hydrogens is 446 g/mol. The van der Waals surface area contributed by atoms with E-state index in [1.165, 1.54) is 4.31 Å². The van der Waals surface area contributed by atoms with E-state index in [4.69, 9.17) is 9.47 Å². The number of aliphatic carboxylic acids is 1. The summed E-state index contributed by atoms with van der Waals surface area (Å²) in [5, 5.41) is 14.6.